The number of hydrogen-bond acceptors (Lipinski definition) is 5. The highest BCUT2D eigenvalue weighted by Crippen LogP contribution is 2.40. The summed E-state index contributed by atoms with van der Waals surface area (Å²) >= 11 is 0. The first-order valence-electron chi connectivity index (χ1n) is 10.2. The van der Waals surface area contributed by atoms with Crippen LogP contribution in [0.15, 0.2) is 42.6 Å². The lowest BCUT2D eigenvalue weighted by molar-refractivity contribution is -0.138. The van der Waals surface area contributed by atoms with Crippen molar-refractivity contribution in [2.75, 3.05) is 23.6 Å². The lowest BCUT2D eigenvalue weighted by atomic mass is 10.0. The Bertz CT molecular complexity index is 1310. The van der Waals surface area contributed by atoms with Gasteiger partial charge in [-0.15, -0.1) is 0 Å². The minimum atomic E-state index is -4.75. The fourth-order valence-electron chi connectivity index (χ4n) is 3.84. The summed E-state index contributed by atoms with van der Waals surface area (Å²) in [5.41, 5.74) is -1.23. The molecular formula is C23H18F6N4O2. The second-order valence-electron chi connectivity index (χ2n) is 7.85. The minimum Gasteiger partial charge on any atom is -0.481 e. The third-order valence-electron chi connectivity index (χ3n) is 5.56. The van der Waals surface area contributed by atoms with E-state index in [0.29, 0.717) is 23.6 Å². The third kappa shape index (κ3) is 4.47. The van der Waals surface area contributed by atoms with Gasteiger partial charge in [-0.25, -0.2) is 9.97 Å². The number of aryl methyl sites for hydroxylation is 2. The average molecular weight is 496 g/mol. The molecule has 2 aromatic heterocycles. The zero-order valence-electron chi connectivity index (χ0n) is 18.6. The van der Waals surface area contributed by atoms with Gasteiger partial charge in [-0.2, -0.15) is 26.3 Å². The Kier molecular flexibility index (Phi) is 5.86. The fraction of sp³-hybridized carbons (Fsp3) is 0.261. The predicted molar refractivity (Wildman–Crippen MR) is 115 cm³/mol. The van der Waals surface area contributed by atoms with Gasteiger partial charge in [0.15, 0.2) is 0 Å². The molecule has 0 N–H and O–H groups in total. The van der Waals surface area contributed by atoms with Crippen LogP contribution in [0.5, 0.6) is 5.88 Å². The summed E-state index contributed by atoms with van der Waals surface area (Å²) in [6.07, 6.45) is -8.73. The highest BCUT2D eigenvalue weighted by molar-refractivity contribution is 6.12. The first kappa shape index (κ1) is 24.3. The second-order valence-corrected chi connectivity index (χ2v) is 7.85. The number of rotatable bonds is 3. The van der Waals surface area contributed by atoms with Crippen LogP contribution < -0.4 is 14.5 Å². The number of fused-ring (bicyclic) bond motifs is 1. The molecule has 0 radical (unpaired) electrons. The topological polar surface area (TPSA) is 58.6 Å². The Balaban J connectivity index is 1.89. The summed E-state index contributed by atoms with van der Waals surface area (Å²) in [7, 11) is 1.41. The molecule has 3 heterocycles. The van der Waals surface area contributed by atoms with Crippen LogP contribution in [0.1, 0.15) is 32.7 Å². The molecule has 0 atom stereocenters. The van der Waals surface area contributed by atoms with Crippen molar-refractivity contribution < 1.29 is 35.9 Å². The molecule has 6 nitrogen and oxygen atoms in total. The first-order chi connectivity index (χ1) is 16.3. The Morgan fingerprint density at radius 1 is 0.886 bits per heavy atom. The number of nitrogens with zero attached hydrogens (tertiary/aromatic N) is 4. The third-order valence-corrected chi connectivity index (χ3v) is 5.56. The summed E-state index contributed by atoms with van der Waals surface area (Å²) in [4.78, 5) is 24.0. The Morgan fingerprint density at radius 2 is 1.54 bits per heavy atom. The zero-order valence-corrected chi connectivity index (χ0v) is 18.6. The van der Waals surface area contributed by atoms with E-state index >= 15 is 0 Å². The number of ether oxygens (including phenoxy) is 1. The number of benzene rings is 1. The molecule has 1 aliphatic heterocycles. The average Bonchev–Trinajstić information content (AvgIpc) is 2.78. The maximum Gasteiger partial charge on any atom is 0.417 e. The van der Waals surface area contributed by atoms with Crippen molar-refractivity contribution in [2.24, 2.45) is 0 Å². The smallest absolute Gasteiger partial charge is 0.417 e. The van der Waals surface area contributed by atoms with Gasteiger partial charge in [0.25, 0.3) is 5.91 Å². The molecule has 0 fully saturated rings. The number of carbonyl (C=O) groups excluding carboxylic acids is 1. The Morgan fingerprint density at radius 3 is 2.11 bits per heavy atom. The van der Waals surface area contributed by atoms with Gasteiger partial charge < -0.3 is 9.64 Å². The summed E-state index contributed by atoms with van der Waals surface area (Å²) in [5, 5.41) is 0. The quantitative estimate of drug-likeness (QED) is 0.423. The van der Waals surface area contributed by atoms with E-state index in [4.69, 9.17) is 4.74 Å². The van der Waals surface area contributed by atoms with Gasteiger partial charge in [-0.05, 0) is 49.7 Å². The standard InChI is InChI=1S/C23H18F6N4O2/c1-12-8-14(22(24,25)26)4-5-17(12)32-11-33(18-6-7-19(35-3)31-13(18)2)21(34)16-9-15(23(27,28)29)10-30-20(16)32/h4-10H,11H2,1-3H3. The molecule has 3 aromatic rings. The van der Waals surface area contributed by atoms with Crippen molar-refractivity contribution in [2.45, 2.75) is 26.2 Å². The number of anilines is 3. The van der Waals surface area contributed by atoms with Crippen molar-refractivity contribution in [1.29, 1.82) is 0 Å². The number of hydrogen-bond donors (Lipinski definition) is 0. The van der Waals surface area contributed by atoms with E-state index in [1.54, 1.807) is 6.92 Å². The zero-order chi connectivity index (χ0) is 25.7. The number of carbonyl (C=O) groups is 1. The first-order valence-corrected chi connectivity index (χ1v) is 10.2. The van der Waals surface area contributed by atoms with Crippen molar-refractivity contribution in [1.82, 2.24) is 9.97 Å². The van der Waals surface area contributed by atoms with Crippen molar-refractivity contribution >= 4 is 23.1 Å². The number of pyridine rings is 2. The molecule has 1 aliphatic rings. The fourth-order valence-corrected chi connectivity index (χ4v) is 3.84. The summed E-state index contributed by atoms with van der Waals surface area (Å²) < 4.78 is 84.7. The van der Waals surface area contributed by atoms with E-state index in [1.165, 1.54) is 42.0 Å². The summed E-state index contributed by atoms with van der Waals surface area (Å²) in [5.74, 6) is -0.580. The summed E-state index contributed by atoms with van der Waals surface area (Å²) in [6, 6.07) is 6.71. The van der Waals surface area contributed by atoms with Crippen molar-refractivity contribution in [3.8, 4) is 5.88 Å². The van der Waals surface area contributed by atoms with E-state index < -0.39 is 29.4 Å². The SMILES string of the molecule is COc1ccc(N2CN(c3ccc(C(F)(F)F)cc3C)c3ncc(C(F)(F)F)cc3C2=O)c(C)n1. The monoisotopic (exact) mass is 496 g/mol. The number of methoxy groups -OCH3 is 1. The highest BCUT2D eigenvalue weighted by Gasteiger charge is 2.38. The molecule has 0 saturated heterocycles. The molecule has 0 saturated carbocycles. The van der Waals surface area contributed by atoms with Crippen molar-refractivity contribution in [3.05, 3.63) is 70.5 Å². The van der Waals surface area contributed by atoms with Crippen LogP contribution in [-0.2, 0) is 12.4 Å². The van der Waals surface area contributed by atoms with E-state index in [-0.39, 0.29) is 35.2 Å². The molecule has 35 heavy (non-hydrogen) atoms. The van der Waals surface area contributed by atoms with Crippen LogP contribution in [0.4, 0.5) is 43.5 Å². The van der Waals surface area contributed by atoms with Crippen LogP contribution in [0.3, 0.4) is 0 Å². The molecule has 0 unspecified atom stereocenters. The number of halogens is 6. The maximum atomic E-state index is 13.4. The number of alkyl halides is 6. The van der Waals surface area contributed by atoms with E-state index in [9.17, 15) is 31.1 Å². The molecule has 0 spiro atoms. The molecule has 1 aromatic carbocycles. The van der Waals surface area contributed by atoms with Crippen LogP contribution in [0.25, 0.3) is 0 Å². The normalized spacial score (nSPS) is 14.3. The van der Waals surface area contributed by atoms with Gasteiger partial charge in [0, 0.05) is 18.0 Å². The number of aromatic nitrogens is 2. The molecule has 0 aliphatic carbocycles. The van der Waals surface area contributed by atoms with Gasteiger partial charge in [0.2, 0.25) is 5.88 Å². The van der Waals surface area contributed by atoms with Crippen LogP contribution in [0.2, 0.25) is 0 Å². The Labute approximate surface area is 195 Å². The van der Waals surface area contributed by atoms with Crippen LogP contribution in [0, 0.1) is 13.8 Å². The predicted octanol–water partition coefficient (Wildman–Crippen LogP) is 5.90. The lowest BCUT2D eigenvalue weighted by Gasteiger charge is -2.38. The molecule has 1 amide bonds. The summed E-state index contributed by atoms with van der Waals surface area (Å²) in [6.45, 7) is 2.82. The largest absolute Gasteiger partial charge is 0.481 e. The van der Waals surface area contributed by atoms with E-state index in [1.807, 2.05) is 0 Å². The van der Waals surface area contributed by atoms with Crippen LogP contribution in [-0.4, -0.2) is 29.7 Å². The molecule has 0 bridgehead atoms. The van der Waals surface area contributed by atoms with Gasteiger partial charge in [0.1, 0.15) is 12.5 Å². The highest BCUT2D eigenvalue weighted by atomic mass is 19.4. The van der Waals surface area contributed by atoms with Crippen molar-refractivity contribution in [3.63, 3.8) is 0 Å². The molecule has 4 rings (SSSR count). The lowest BCUT2D eigenvalue weighted by Crippen LogP contribution is -2.46. The van der Waals surface area contributed by atoms with Gasteiger partial charge >= 0.3 is 12.4 Å². The molecular weight excluding hydrogens is 478 g/mol. The van der Waals surface area contributed by atoms with Gasteiger partial charge in [-0.1, -0.05) is 0 Å². The van der Waals surface area contributed by atoms with E-state index in [0.717, 1.165) is 12.1 Å². The minimum absolute atomic E-state index is 0.0961. The van der Waals surface area contributed by atoms with Gasteiger partial charge in [-0.3, -0.25) is 9.69 Å². The molecule has 184 valence electrons. The van der Waals surface area contributed by atoms with Gasteiger partial charge in [0.05, 0.1) is 35.2 Å². The van der Waals surface area contributed by atoms with Crippen LogP contribution >= 0.6 is 0 Å². The maximum absolute atomic E-state index is 13.4. The Hall–Kier alpha value is -3.83. The van der Waals surface area contributed by atoms with E-state index in [2.05, 4.69) is 9.97 Å². The molecule has 12 heteroatoms. The number of amides is 1. The second kappa shape index (κ2) is 8.43.